The molecule has 3 aromatic rings. The summed E-state index contributed by atoms with van der Waals surface area (Å²) in [5.74, 6) is 0.0317. The van der Waals surface area contributed by atoms with Gasteiger partial charge in [-0.25, -0.2) is 0 Å². The molecule has 0 unspecified atom stereocenters. The van der Waals surface area contributed by atoms with E-state index in [0.717, 1.165) is 27.1 Å². The van der Waals surface area contributed by atoms with Crippen molar-refractivity contribution in [3.63, 3.8) is 0 Å². The summed E-state index contributed by atoms with van der Waals surface area (Å²) in [6.07, 6.45) is 0. The van der Waals surface area contributed by atoms with Crippen LogP contribution in [0.2, 0.25) is 0 Å². The zero-order valence-corrected chi connectivity index (χ0v) is 13.7. The molecule has 1 aliphatic carbocycles. The van der Waals surface area contributed by atoms with E-state index in [1.165, 1.54) is 0 Å². The Labute approximate surface area is 146 Å². The fourth-order valence-corrected chi connectivity index (χ4v) is 3.53. The molecule has 0 heterocycles. The SMILES string of the molecule is O=C1C(c2ccccc2)=C(c2ccccc2)C(=S)c2ccccc21. The van der Waals surface area contributed by atoms with Crippen LogP contribution in [0.4, 0.5) is 0 Å². The van der Waals surface area contributed by atoms with Crippen molar-refractivity contribution in [1.82, 2.24) is 0 Å². The number of Topliss-reactive ketones (excluding diaryl/α,β-unsaturated/α-hetero) is 1. The maximum atomic E-state index is 13.2. The molecule has 0 aromatic heterocycles. The first-order valence-corrected chi connectivity index (χ1v) is 8.22. The molecule has 0 bridgehead atoms. The molecule has 4 rings (SSSR count). The highest BCUT2D eigenvalue weighted by atomic mass is 32.1. The van der Waals surface area contributed by atoms with Crippen LogP contribution in [0.25, 0.3) is 11.1 Å². The van der Waals surface area contributed by atoms with Crippen LogP contribution in [0.15, 0.2) is 84.9 Å². The van der Waals surface area contributed by atoms with Crippen LogP contribution in [0.3, 0.4) is 0 Å². The number of rotatable bonds is 2. The van der Waals surface area contributed by atoms with E-state index in [2.05, 4.69) is 0 Å². The van der Waals surface area contributed by atoms with Crippen LogP contribution in [0.5, 0.6) is 0 Å². The molecule has 0 saturated heterocycles. The molecule has 1 nitrogen and oxygen atoms in total. The van der Waals surface area contributed by atoms with Crippen LogP contribution in [-0.2, 0) is 0 Å². The van der Waals surface area contributed by atoms with Gasteiger partial charge in [-0.2, -0.15) is 0 Å². The molecule has 0 spiro atoms. The van der Waals surface area contributed by atoms with Crippen molar-refractivity contribution in [2.45, 2.75) is 0 Å². The predicted molar refractivity (Wildman–Crippen MR) is 102 cm³/mol. The first-order chi connectivity index (χ1) is 11.8. The highest BCUT2D eigenvalue weighted by Gasteiger charge is 2.30. The Morgan fingerprint density at radius 3 is 1.58 bits per heavy atom. The topological polar surface area (TPSA) is 17.1 Å². The van der Waals surface area contributed by atoms with E-state index in [0.29, 0.717) is 11.1 Å². The molecule has 0 saturated carbocycles. The Morgan fingerprint density at radius 1 is 0.542 bits per heavy atom. The second kappa shape index (κ2) is 5.99. The van der Waals surface area contributed by atoms with Gasteiger partial charge in [-0.1, -0.05) is 97.1 Å². The number of hydrogen-bond acceptors (Lipinski definition) is 2. The molecular weight excluding hydrogens is 312 g/mol. The summed E-state index contributed by atoms with van der Waals surface area (Å²) >= 11 is 5.78. The molecule has 0 aliphatic heterocycles. The van der Waals surface area contributed by atoms with Crippen LogP contribution in [0, 0.1) is 0 Å². The minimum atomic E-state index is 0.0317. The van der Waals surface area contributed by atoms with Gasteiger partial charge in [0.1, 0.15) is 0 Å². The average molecular weight is 326 g/mol. The molecule has 0 fully saturated rings. The Morgan fingerprint density at radius 2 is 1.00 bits per heavy atom. The zero-order valence-electron chi connectivity index (χ0n) is 12.9. The van der Waals surface area contributed by atoms with Crippen molar-refractivity contribution in [2.24, 2.45) is 0 Å². The number of allylic oxidation sites excluding steroid dienone is 2. The average Bonchev–Trinajstić information content (AvgIpc) is 2.66. The standard InChI is InChI=1S/C22H14OS/c23-21-17-13-7-8-14-18(17)22(24)20(16-11-5-2-6-12-16)19(21)15-9-3-1-4-10-15/h1-14H. The number of thiocarbonyl (C=S) groups is 1. The summed E-state index contributed by atoms with van der Waals surface area (Å²) in [5.41, 5.74) is 4.94. The molecule has 0 N–H and O–H groups in total. The van der Waals surface area contributed by atoms with Crippen molar-refractivity contribution in [2.75, 3.05) is 0 Å². The maximum Gasteiger partial charge on any atom is 0.194 e. The molecular formula is C22H14OS. The lowest BCUT2D eigenvalue weighted by Gasteiger charge is -2.23. The van der Waals surface area contributed by atoms with E-state index in [1.54, 1.807) is 0 Å². The fourth-order valence-electron chi connectivity index (χ4n) is 3.14. The molecule has 0 amide bonds. The van der Waals surface area contributed by atoms with Gasteiger partial charge in [-0.15, -0.1) is 0 Å². The normalized spacial score (nSPS) is 13.8. The van der Waals surface area contributed by atoms with Crippen LogP contribution >= 0.6 is 12.2 Å². The van der Waals surface area contributed by atoms with Gasteiger partial charge in [0.05, 0.1) is 4.86 Å². The third-order valence-corrected chi connectivity index (χ3v) is 4.67. The predicted octanol–water partition coefficient (Wildman–Crippen LogP) is 5.21. The Bertz CT molecular complexity index is 889. The highest BCUT2D eigenvalue weighted by molar-refractivity contribution is 7.82. The van der Waals surface area contributed by atoms with Crippen LogP contribution in [-0.4, -0.2) is 10.6 Å². The third kappa shape index (κ3) is 2.32. The van der Waals surface area contributed by atoms with Crippen molar-refractivity contribution < 1.29 is 4.79 Å². The number of carbonyl (C=O) groups is 1. The molecule has 0 atom stereocenters. The number of fused-ring (bicyclic) bond motifs is 1. The molecule has 24 heavy (non-hydrogen) atoms. The van der Waals surface area contributed by atoms with Gasteiger partial charge >= 0.3 is 0 Å². The minimum Gasteiger partial charge on any atom is -0.289 e. The second-order valence-electron chi connectivity index (χ2n) is 5.69. The lowest BCUT2D eigenvalue weighted by Crippen LogP contribution is -2.20. The lowest BCUT2D eigenvalue weighted by molar-refractivity contribution is 0.105. The molecule has 1 aliphatic rings. The van der Waals surface area contributed by atoms with Crippen LogP contribution < -0.4 is 0 Å². The van der Waals surface area contributed by atoms with E-state index in [4.69, 9.17) is 12.2 Å². The summed E-state index contributed by atoms with van der Waals surface area (Å²) in [5, 5.41) is 0. The van der Waals surface area contributed by atoms with Gasteiger partial charge in [0.15, 0.2) is 5.78 Å². The Kier molecular flexibility index (Phi) is 3.68. The fraction of sp³-hybridized carbons (Fsp3) is 0. The summed E-state index contributed by atoms with van der Waals surface area (Å²) in [6.45, 7) is 0. The Balaban J connectivity index is 2.05. The van der Waals surface area contributed by atoms with E-state index in [-0.39, 0.29) is 5.78 Å². The summed E-state index contributed by atoms with van der Waals surface area (Å²) in [7, 11) is 0. The van der Waals surface area contributed by atoms with Gasteiger partial charge < -0.3 is 0 Å². The van der Waals surface area contributed by atoms with Crippen molar-refractivity contribution in [3.05, 3.63) is 107 Å². The first kappa shape index (κ1) is 14.7. The van der Waals surface area contributed by atoms with Gasteiger partial charge in [0.25, 0.3) is 0 Å². The number of benzene rings is 3. The molecule has 114 valence electrons. The van der Waals surface area contributed by atoms with E-state index < -0.39 is 0 Å². The van der Waals surface area contributed by atoms with Crippen molar-refractivity contribution in [3.8, 4) is 0 Å². The van der Waals surface area contributed by atoms with Gasteiger partial charge in [-0.05, 0) is 11.1 Å². The largest absolute Gasteiger partial charge is 0.289 e. The van der Waals surface area contributed by atoms with E-state index in [9.17, 15) is 4.79 Å². The number of ketones is 1. The Hall–Kier alpha value is -2.84. The maximum absolute atomic E-state index is 13.2. The number of hydrogen-bond donors (Lipinski definition) is 0. The molecule has 0 radical (unpaired) electrons. The molecule has 2 heteroatoms. The van der Waals surface area contributed by atoms with Gasteiger partial charge in [0.2, 0.25) is 0 Å². The van der Waals surface area contributed by atoms with Crippen molar-refractivity contribution in [1.29, 1.82) is 0 Å². The van der Waals surface area contributed by atoms with E-state index in [1.807, 2.05) is 84.9 Å². The van der Waals surface area contributed by atoms with Crippen molar-refractivity contribution >= 4 is 34.0 Å². The third-order valence-electron chi connectivity index (χ3n) is 4.25. The summed E-state index contributed by atoms with van der Waals surface area (Å²) in [6, 6.07) is 27.3. The zero-order chi connectivity index (χ0) is 16.5. The lowest BCUT2D eigenvalue weighted by atomic mass is 9.79. The summed E-state index contributed by atoms with van der Waals surface area (Å²) in [4.78, 5) is 14.0. The smallest absolute Gasteiger partial charge is 0.194 e. The van der Waals surface area contributed by atoms with Gasteiger partial charge in [-0.3, -0.25) is 4.79 Å². The van der Waals surface area contributed by atoms with Crippen LogP contribution in [0.1, 0.15) is 27.0 Å². The van der Waals surface area contributed by atoms with Gasteiger partial charge in [0, 0.05) is 22.3 Å². The van der Waals surface area contributed by atoms with E-state index >= 15 is 0 Å². The monoisotopic (exact) mass is 326 g/mol. The summed E-state index contributed by atoms with van der Waals surface area (Å²) < 4.78 is 0. The second-order valence-corrected chi connectivity index (χ2v) is 6.09. The highest BCUT2D eigenvalue weighted by Crippen LogP contribution is 2.37. The first-order valence-electron chi connectivity index (χ1n) is 7.81. The minimum absolute atomic E-state index is 0.0317. The molecule has 3 aromatic carbocycles. The quantitative estimate of drug-likeness (QED) is 0.601. The number of carbonyl (C=O) groups excluding carboxylic acids is 1.